The number of nitrogen functional groups attached to an aromatic ring is 1. The molecule has 1 aliphatic carbocycles. The molecular weight excluding hydrogens is 288 g/mol. The third-order valence-electron chi connectivity index (χ3n) is 4.23. The van der Waals surface area contributed by atoms with Gasteiger partial charge in [0, 0.05) is 12.2 Å². The predicted molar refractivity (Wildman–Crippen MR) is 83.6 cm³/mol. The number of hydrogen-bond donors (Lipinski definition) is 3. The number of rotatable bonds is 6. The minimum atomic E-state index is -3.66. The third kappa shape index (κ3) is 3.39. The molecule has 4 N–H and O–H groups in total. The van der Waals surface area contributed by atoms with E-state index in [1.807, 2.05) is 19.9 Å². The maximum Gasteiger partial charge on any atom is 0.241 e. The van der Waals surface area contributed by atoms with Gasteiger partial charge >= 0.3 is 0 Å². The standard InChI is InChI=1S/C15H24N2O3S/c1-3-11-8-13(16)12(4-2)14(9-11)21(19,20)17-10-15(18)6-5-7-15/h8-9,17-18H,3-7,10,16H2,1-2H3. The molecule has 1 saturated carbocycles. The second kappa shape index (κ2) is 5.94. The number of nitrogens with two attached hydrogens (primary N) is 1. The average Bonchev–Trinajstić information content (AvgIpc) is 2.42. The summed E-state index contributed by atoms with van der Waals surface area (Å²) in [7, 11) is -3.66. The largest absolute Gasteiger partial charge is 0.398 e. The molecule has 0 spiro atoms. The van der Waals surface area contributed by atoms with Gasteiger partial charge in [0.15, 0.2) is 0 Å². The lowest BCUT2D eigenvalue weighted by atomic mass is 9.81. The van der Waals surface area contributed by atoms with Crippen molar-refractivity contribution >= 4 is 15.7 Å². The Morgan fingerprint density at radius 2 is 1.95 bits per heavy atom. The molecule has 2 rings (SSSR count). The van der Waals surface area contributed by atoms with E-state index in [-0.39, 0.29) is 11.4 Å². The van der Waals surface area contributed by atoms with Crippen LogP contribution in [0.25, 0.3) is 0 Å². The van der Waals surface area contributed by atoms with Gasteiger partial charge in [-0.1, -0.05) is 13.8 Å². The van der Waals surface area contributed by atoms with Gasteiger partial charge in [-0.2, -0.15) is 0 Å². The highest BCUT2D eigenvalue weighted by Crippen LogP contribution is 2.31. The number of sulfonamides is 1. The van der Waals surface area contributed by atoms with E-state index >= 15 is 0 Å². The van der Waals surface area contributed by atoms with Crippen LogP contribution in [0.3, 0.4) is 0 Å². The zero-order chi connectivity index (χ0) is 15.7. The molecule has 0 unspecified atom stereocenters. The van der Waals surface area contributed by atoms with E-state index in [0.29, 0.717) is 30.5 Å². The van der Waals surface area contributed by atoms with Crippen molar-refractivity contribution in [2.75, 3.05) is 12.3 Å². The van der Waals surface area contributed by atoms with Gasteiger partial charge in [-0.05, 0) is 55.4 Å². The fraction of sp³-hybridized carbons (Fsp3) is 0.600. The van der Waals surface area contributed by atoms with Gasteiger partial charge in [0.05, 0.1) is 10.5 Å². The molecule has 0 atom stereocenters. The monoisotopic (exact) mass is 312 g/mol. The highest BCUT2D eigenvalue weighted by atomic mass is 32.2. The fourth-order valence-electron chi connectivity index (χ4n) is 2.62. The van der Waals surface area contributed by atoms with Crippen molar-refractivity contribution in [2.45, 2.75) is 56.4 Å². The zero-order valence-electron chi connectivity index (χ0n) is 12.6. The highest BCUT2D eigenvalue weighted by molar-refractivity contribution is 7.89. The van der Waals surface area contributed by atoms with Crippen LogP contribution < -0.4 is 10.5 Å². The summed E-state index contributed by atoms with van der Waals surface area (Å²) in [6, 6.07) is 3.51. The van der Waals surface area contributed by atoms with Gasteiger partial charge in [-0.15, -0.1) is 0 Å². The Hall–Kier alpha value is -1.11. The van der Waals surface area contributed by atoms with Crippen molar-refractivity contribution in [1.29, 1.82) is 0 Å². The summed E-state index contributed by atoms with van der Waals surface area (Å²) in [4.78, 5) is 0.241. The highest BCUT2D eigenvalue weighted by Gasteiger charge is 2.35. The second-order valence-electron chi connectivity index (χ2n) is 5.77. The van der Waals surface area contributed by atoms with Crippen molar-refractivity contribution in [3.8, 4) is 0 Å². The number of aliphatic hydroxyl groups is 1. The normalized spacial score (nSPS) is 17.5. The van der Waals surface area contributed by atoms with Crippen LogP contribution in [0.1, 0.15) is 44.2 Å². The van der Waals surface area contributed by atoms with Crippen LogP contribution in [-0.2, 0) is 22.9 Å². The van der Waals surface area contributed by atoms with E-state index in [1.165, 1.54) is 0 Å². The Morgan fingerprint density at radius 1 is 1.29 bits per heavy atom. The smallest absolute Gasteiger partial charge is 0.241 e. The van der Waals surface area contributed by atoms with E-state index in [0.717, 1.165) is 18.4 Å². The first-order valence-electron chi connectivity index (χ1n) is 7.44. The molecule has 0 radical (unpaired) electrons. The summed E-state index contributed by atoms with van der Waals surface area (Å²) in [6.07, 6.45) is 3.51. The van der Waals surface area contributed by atoms with E-state index in [1.54, 1.807) is 6.07 Å². The third-order valence-corrected chi connectivity index (χ3v) is 5.70. The van der Waals surface area contributed by atoms with E-state index < -0.39 is 15.6 Å². The molecule has 1 aliphatic rings. The number of aryl methyl sites for hydroxylation is 1. The molecule has 1 aromatic rings. The van der Waals surface area contributed by atoms with E-state index in [4.69, 9.17) is 5.73 Å². The number of benzene rings is 1. The Bertz CT molecular complexity index is 622. The molecule has 1 fully saturated rings. The number of anilines is 1. The van der Waals surface area contributed by atoms with Gasteiger partial charge in [0.25, 0.3) is 0 Å². The minimum Gasteiger partial charge on any atom is -0.398 e. The maximum absolute atomic E-state index is 12.5. The summed E-state index contributed by atoms with van der Waals surface area (Å²) in [5.74, 6) is 0. The van der Waals surface area contributed by atoms with Gasteiger partial charge in [0.2, 0.25) is 10.0 Å². The van der Waals surface area contributed by atoms with Crippen LogP contribution in [0.4, 0.5) is 5.69 Å². The molecule has 1 aromatic carbocycles. The lowest BCUT2D eigenvalue weighted by Crippen LogP contribution is -2.47. The fourth-order valence-corrected chi connectivity index (χ4v) is 4.12. The van der Waals surface area contributed by atoms with Gasteiger partial charge < -0.3 is 10.8 Å². The molecule has 0 heterocycles. The minimum absolute atomic E-state index is 0.0642. The summed E-state index contributed by atoms with van der Waals surface area (Å²) < 4.78 is 27.6. The molecule has 5 nitrogen and oxygen atoms in total. The van der Waals surface area contributed by atoms with Crippen LogP contribution in [0.2, 0.25) is 0 Å². The van der Waals surface area contributed by atoms with Crippen molar-refractivity contribution in [3.05, 3.63) is 23.3 Å². The molecule has 0 aromatic heterocycles. The van der Waals surface area contributed by atoms with Crippen molar-refractivity contribution in [2.24, 2.45) is 0 Å². The molecule has 0 amide bonds. The van der Waals surface area contributed by atoms with Crippen LogP contribution in [0.15, 0.2) is 17.0 Å². The lowest BCUT2D eigenvalue weighted by molar-refractivity contribution is -0.0270. The number of nitrogens with one attached hydrogen (secondary N) is 1. The van der Waals surface area contributed by atoms with E-state index in [2.05, 4.69) is 4.72 Å². The van der Waals surface area contributed by atoms with Gasteiger partial charge in [0.1, 0.15) is 0 Å². The Balaban J connectivity index is 2.31. The van der Waals surface area contributed by atoms with Crippen LogP contribution in [-0.4, -0.2) is 25.7 Å². The molecule has 0 saturated heterocycles. The Morgan fingerprint density at radius 3 is 2.43 bits per heavy atom. The second-order valence-corrected chi connectivity index (χ2v) is 7.51. The molecule has 0 aliphatic heterocycles. The van der Waals surface area contributed by atoms with Gasteiger partial charge in [-0.3, -0.25) is 0 Å². The molecular formula is C15H24N2O3S. The first-order chi connectivity index (χ1) is 9.81. The summed E-state index contributed by atoms with van der Waals surface area (Å²) >= 11 is 0. The number of hydrogen-bond acceptors (Lipinski definition) is 4. The van der Waals surface area contributed by atoms with Crippen LogP contribution in [0.5, 0.6) is 0 Å². The molecule has 118 valence electrons. The summed E-state index contributed by atoms with van der Waals surface area (Å²) in [5.41, 5.74) is 7.15. The first-order valence-corrected chi connectivity index (χ1v) is 8.93. The molecule has 6 heteroatoms. The van der Waals surface area contributed by atoms with E-state index in [9.17, 15) is 13.5 Å². The Labute approximate surface area is 126 Å². The lowest BCUT2D eigenvalue weighted by Gasteiger charge is -2.36. The van der Waals surface area contributed by atoms with Crippen molar-refractivity contribution < 1.29 is 13.5 Å². The zero-order valence-corrected chi connectivity index (χ0v) is 13.5. The van der Waals surface area contributed by atoms with Crippen molar-refractivity contribution in [1.82, 2.24) is 4.72 Å². The van der Waals surface area contributed by atoms with Crippen LogP contribution in [0, 0.1) is 0 Å². The maximum atomic E-state index is 12.5. The SMILES string of the molecule is CCc1cc(N)c(CC)c(S(=O)(=O)NCC2(O)CCC2)c1. The van der Waals surface area contributed by atoms with Gasteiger partial charge in [-0.25, -0.2) is 13.1 Å². The quantitative estimate of drug-likeness (QED) is 0.695. The summed E-state index contributed by atoms with van der Waals surface area (Å²) in [6.45, 7) is 3.91. The Kier molecular flexibility index (Phi) is 4.60. The summed E-state index contributed by atoms with van der Waals surface area (Å²) in [5, 5.41) is 10.1. The topological polar surface area (TPSA) is 92.4 Å². The predicted octanol–water partition coefficient (Wildman–Crippen LogP) is 1.59. The average molecular weight is 312 g/mol. The first kappa shape index (κ1) is 16.3. The van der Waals surface area contributed by atoms with Crippen molar-refractivity contribution in [3.63, 3.8) is 0 Å². The molecule has 21 heavy (non-hydrogen) atoms. The van der Waals surface area contributed by atoms with Crippen LogP contribution >= 0.6 is 0 Å². The molecule has 0 bridgehead atoms.